The van der Waals surface area contributed by atoms with Crippen LogP contribution in [-0.2, 0) is 4.79 Å². The van der Waals surface area contributed by atoms with Crippen molar-refractivity contribution in [1.82, 2.24) is 0 Å². The number of hydrogen-bond acceptors (Lipinski definition) is 3. The van der Waals surface area contributed by atoms with Crippen molar-refractivity contribution in [3.8, 4) is 5.75 Å². The predicted molar refractivity (Wildman–Crippen MR) is 94.7 cm³/mol. The van der Waals surface area contributed by atoms with E-state index in [2.05, 4.69) is 5.32 Å². The lowest BCUT2D eigenvalue weighted by molar-refractivity contribution is -0.114. The van der Waals surface area contributed by atoms with Crippen LogP contribution < -0.4 is 10.1 Å². The summed E-state index contributed by atoms with van der Waals surface area (Å²) in [6.07, 6.45) is 0. The molecule has 120 valence electrons. The highest BCUT2D eigenvalue weighted by Crippen LogP contribution is 2.31. The first-order valence-corrected chi connectivity index (χ1v) is 7.69. The smallest absolute Gasteiger partial charge is 0.343 e. The zero-order valence-electron chi connectivity index (χ0n) is 12.9. The monoisotopic (exact) mass is 339 g/mol. The molecule has 0 spiro atoms. The molecule has 3 rings (SSSR count). The van der Waals surface area contributed by atoms with Gasteiger partial charge in [-0.05, 0) is 30.3 Å². The molecule has 0 aliphatic heterocycles. The Hall–Kier alpha value is -2.85. The van der Waals surface area contributed by atoms with Gasteiger partial charge in [0.2, 0.25) is 5.91 Å². The third-order valence-corrected chi connectivity index (χ3v) is 3.78. The van der Waals surface area contributed by atoms with E-state index in [-0.39, 0.29) is 5.91 Å². The number of amides is 1. The highest BCUT2D eigenvalue weighted by Gasteiger charge is 2.13. The quantitative estimate of drug-likeness (QED) is 0.557. The Kier molecular flexibility index (Phi) is 4.49. The zero-order valence-corrected chi connectivity index (χ0v) is 13.6. The number of fused-ring (bicyclic) bond motifs is 1. The van der Waals surface area contributed by atoms with Crippen molar-refractivity contribution < 1.29 is 14.3 Å². The first kappa shape index (κ1) is 16.0. The SMILES string of the molecule is CC(=O)Nc1cccc(C(=O)Oc2ccc(Cl)c3ccccc23)c1. The molecule has 1 N–H and O–H groups in total. The molecule has 0 aliphatic rings. The second-order valence-electron chi connectivity index (χ2n) is 5.24. The van der Waals surface area contributed by atoms with Gasteiger partial charge >= 0.3 is 5.97 Å². The lowest BCUT2D eigenvalue weighted by Crippen LogP contribution is -2.11. The molecule has 0 radical (unpaired) electrons. The van der Waals surface area contributed by atoms with E-state index in [1.165, 1.54) is 6.92 Å². The Morgan fingerprint density at radius 2 is 1.71 bits per heavy atom. The topological polar surface area (TPSA) is 55.4 Å². The van der Waals surface area contributed by atoms with Crippen LogP contribution in [0.25, 0.3) is 10.8 Å². The maximum absolute atomic E-state index is 12.4. The first-order valence-electron chi connectivity index (χ1n) is 7.31. The Bertz CT molecular complexity index is 937. The van der Waals surface area contributed by atoms with Crippen molar-refractivity contribution in [3.05, 3.63) is 71.2 Å². The molecular weight excluding hydrogens is 326 g/mol. The fourth-order valence-electron chi connectivity index (χ4n) is 2.41. The number of carbonyl (C=O) groups is 2. The van der Waals surface area contributed by atoms with Crippen molar-refractivity contribution in [2.75, 3.05) is 5.32 Å². The minimum atomic E-state index is -0.505. The number of hydrogen-bond donors (Lipinski definition) is 1. The fraction of sp³-hybridized carbons (Fsp3) is 0.0526. The molecule has 0 aliphatic carbocycles. The molecule has 5 heteroatoms. The number of anilines is 1. The Morgan fingerprint density at radius 1 is 0.958 bits per heavy atom. The summed E-state index contributed by atoms with van der Waals surface area (Å²) in [5.74, 6) is -0.274. The number of halogens is 1. The molecule has 0 saturated heterocycles. The number of ether oxygens (including phenoxy) is 1. The molecule has 0 saturated carbocycles. The van der Waals surface area contributed by atoms with Crippen LogP contribution in [-0.4, -0.2) is 11.9 Å². The van der Waals surface area contributed by atoms with Gasteiger partial charge in [0.05, 0.1) is 5.56 Å². The average Bonchev–Trinajstić information content (AvgIpc) is 2.57. The maximum atomic E-state index is 12.4. The van der Waals surface area contributed by atoms with E-state index in [1.807, 2.05) is 24.3 Å². The van der Waals surface area contributed by atoms with E-state index in [9.17, 15) is 9.59 Å². The average molecular weight is 340 g/mol. The van der Waals surface area contributed by atoms with Crippen molar-refractivity contribution in [2.45, 2.75) is 6.92 Å². The van der Waals surface area contributed by atoms with Crippen molar-refractivity contribution in [1.29, 1.82) is 0 Å². The van der Waals surface area contributed by atoms with Crippen molar-refractivity contribution >= 4 is 39.9 Å². The summed E-state index contributed by atoms with van der Waals surface area (Å²) in [6.45, 7) is 1.41. The lowest BCUT2D eigenvalue weighted by atomic mass is 10.1. The minimum absolute atomic E-state index is 0.204. The number of esters is 1. The van der Waals surface area contributed by atoms with Crippen LogP contribution in [0.2, 0.25) is 5.02 Å². The molecule has 3 aromatic carbocycles. The Morgan fingerprint density at radius 3 is 2.46 bits per heavy atom. The molecule has 3 aromatic rings. The van der Waals surface area contributed by atoms with Gasteiger partial charge in [-0.2, -0.15) is 0 Å². The molecule has 4 nitrogen and oxygen atoms in total. The summed E-state index contributed by atoms with van der Waals surface area (Å²) in [5.41, 5.74) is 0.887. The van der Waals surface area contributed by atoms with Gasteiger partial charge in [-0.1, -0.05) is 41.9 Å². The highest BCUT2D eigenvalue weighted by atomic mass is 35.5. The van der Waals surface area contributed by atoms with E-state index in [4.69, 9.17) is 16.3 Å². The summed E-state index contributed by atoms with van der Waals surface area (Å²) in [5, 5.41) is 4.81. The molecule has 0 bridgehead atoms. The van der Waals surface area contributed by atoms with Gasteiger partial charge in [-0.3, -0.25) is 4.79 Å². The number of rotatable bonds is 3. The third-order valence-electron chi connectivity index (χ3n) is 3.45. The van der Waals surface area contributed by atoms with Gasteiger partial charge in [0.15, 0.2) is 0 Å². The summed E-state index contributed by atoms with van der Waals surface area (Å²) >= 11 is 6.17. The van der Waals surface area contributed by atoms with Crippen molar-refractivity contribution in [2.24, 2.45) is 0 Å². The van der Waals surface area contributed by atoms with Crippen LogP contribution in [0.3, 0.4) is 0 Å². The predicted octanol–water partition coefficient (Wildman–Crippen LogP) is 4.67. The van der Waals surface area contributed by atoms with Gasteiger partial charge in [0, 0.05) is 28.4 Å². The van der Waals surface area contributed by atoms with Crippen LogP contribution in [0, 0.1) is 0 Å². The zero-order chi connectivity index (χ0) is 17.1. The van der Waals surface area contributed by atoms with Gasteiger partial charge < -0.3 is 10.1 Å². The van der Waals surface area contributed by atoms with Crippen LogP contribution in [0.5, 0.6) is 5.75 Å². The third kappa shape index (κ3) is 3.39. The van der Waals surface area contributed by atoms with E-state index in [0.29, 0.717) is 22.0 Å². The van der Waals surface area contributed by atoms with E-state index in [1.54, 1.807) is 36.4 Å². The Labute approximate surface area is 144 Å². The number of nitrogens with one attached hydrogen (secondary N) is 1. The van der Waals surface area contributed by atoms with E-state index >= 15 is 0 Å². The molecule has 24 heavy (non-hydrogen) atoms. The molecule has 0 heterocycles. The van der Waals surface area contributed by atoms with Gasteiger partial charge in [0.1, 0.15) is 5.75 Å². The summed E-state index contributed by atoms with van der Waals surface area (Å²) in [7, 11) is 0. The van der Waals surface area contributed by atoms with Crippen molar-refractivity contribution in [3.63, 3.8) is 0 Å². The maximum Gasteiger partial charge on any atom is 0.343 e. The molecule has 0 atom stereocenters. The summed E-state index contributed by atoms with van der Waals surface area (Å²) in [4.78, 5) is 23.5. The first-order chi connectivity index (χ1) is 11.5. The van der Waals surface area contributed by atoms with E-state index in [0.717, 1.165) is 10.8 Å². The second-order valence-corrected chi connectivity index (χ2v) is 5.65. The minimum Gasteiger partial charge on any atom is -0.422 e. The number of carbonyl (C=O) groups excluding carboxylic acids is 2. The number of benzene rings is 3. The van der Waals surface area contributed by atoms with E-state index < -0.39 is 5.97 Å². The fourth-order valence-corrected chi connectivity index (χ4v) is 2.64. The molecule has 1 amide bonds. The summed E-state index contributed by atoms with van der Waals surface area (Å²) < 4.78 is 5.52. The lowest BCUT2D eigenvalue weighted by Gasteiger charge is -2.10. The summed E-state index contributed by atoms with van der Waals surface area (Å²) in [6, 6.07) is 17.4. The molecular formula is C19H14ClNO3. The van der Waals surface area contributed by atoms with Gasteiger partial charge in [-0.25, -0.2) is 4.79 Å². The van der Waals surface area contributed by atoms with Gasteiger partial charge in [-0.15, -0.1) is 0 Å². The highest BCUT2D eigenvalue weighted by molar-refractivity contribution is 6.35. The Balaban J connectivity index is 1.91. The standard InChI is InChI=1S/C19H14ClNO3/c1-12(22)21-14-6-4-5-13(11-14)19(23)24-18-10-9-17(20)15-7-2-3-8-16(15)18/h2-11H,1H3,(H,21,22). The van der Waals surface area contributed by atoms with Crippen LogP contribution in [0.4, 0.5) is 5.69 Å². The molecule has 0 unspecified atom stereocenters. The molecule has 0 aromatic heterocycles. The molecule has 0 fully saturated rings. The van der Waals surface area contributed by atoms with Crippen LogP contribution >= 0.6 is 11.6 Å². The normalized spacial score (nSPS) is 10.4. The largest absolute Gasteiger partial charge is 0.422 e. The van der Waals surface area contributed by atoms with Crippen LogP contribution in [0.1, 0.15) is 17.3 Å². The van der Waals surface area contributed by atoms with Gasteiger partial charge in [0.25, 0.3) is 0 Å². The second kappa shape index (κ2) is 6.72. The van der Waals surface area contributed by atoms with Crippen LogP contribution in [0.15, 0.2) is 60.7 Å².